The van der Waals surface area contributed by atoms with E-state index in [0.29, 0.717) is 11.7 Å². The van der Waals surface area contributed by atoms with Crippen LogP contribution in [0.3, 0.4) is 0 Å². The van der Waals surface area contributed by atoms with Gasteiger partial charge < -0.3 is 14.6 Å². The molecule has 0 saturated heterocycles. The predicted molar refractivity (Wildman–Crippen MR) is 99.8 cm³/mol. The van der Waals surface area contributed by atoms with Crippen LogP contribution in [0.5, 0.6) is 5.75 Å². The van der Waals surface area contributed by atoms with Gasteiger partial charge in [0.15, 0.2) is 11.0 Å². The van der Waals surface area contributed by atoms with Crippen LogP contribution < -0.4 is 10.1 Å². The van der Waals surface area contributed by atoms with Gasteiger partial charge in [0.1, 0.15) is 5.75 Å². The molecule has 0 atom stereocenters. The maximum Gasteiger partial charge on any atom is 0.230 e. The number of carbonyl (C=O) groups is 1. The van der Waals surface area contributed by atoms with Crippen LogP contribution in [0.2, 0.25) is 0 Å². The van der Waals surface area contributed by atoms with Gasteiger partial charge in [-0.3, -0.25) is 9.78 Å². The average Bonchev–Trinajstić information content (AvgIpc) is 3.06. The van der Waals surface area contributed by atoms with Crippen molar-refractivity contribution in [1.29, 1.82) is 0 Å². The van der Waals surface area contributed by atoms with Crippen LogP contribution in [0.15, 0.2) is 53.9 Å². The lowest BCUT2D eigenvalue weighted by molar-refractivity contribution is -0.118. The zero-order valence-electron chi connectivity index (χ0n) is 14.5. The minimum Gasteiger partial charge on any atom is -0.497 e. The maximum atomic E-state index is 12.1. The molecule has 2 aromatic heterocycles. The van der Waals surface area contributed by atoms with Gasteiger partial charge in [-0.1, -0.05) is 23.9 Å². The number of nitrogens with one attached hydrogen (secondary N) is 1. The van der Waals surface area contributed by atoms with Gasteiger partial charge in [0.05, 0.1) is 12.9 Å². The van der Waals surface area contributed by atoms with Crippen molar-refractivity contribution in [2.45, 2.75) is 11.7 Å². The molecule has 1 N–H and O–H groups in total. The van der Waals surface area contributed by atoms with Crippen molar-refractivity contribution in [2.75, 3.05) is 12.9 Å². The van der Waals surface area contributed by atoms with Crippen LogP contribution in [0.4, 0.5) is 0 Å². The molecule has 0 aliphatic carbocycles. The van der Waals surface area contributed by atoms with Crippen LogP contribution in [0.25, 0.3) is 11.4 Å². The fourth-order valence-electron chi connectivity index (χ4n) is 2.31. The number of aromatic nitrogens is 4. The van der Waals surface area contributed by atoms with Gasteiger partial charge in [0.2, 0.25) is 5.91 Å². The standard InChI is InChI=1S/C18H19N5O2S/c1-23-17(14-4-3-9-19-11-14)21-22-18(23)26-12-16(24)20-10-13-5-7-15(25-2)8-6-13/h3-9,11H,10,12H2,1-2H3,(H,20,24). The summed E-state index contributed by atoms with van der Waals surface area (Å²) < 4.78 is 6.98. The summed E-state index contributed by atoms with van der Waals surface area (Å²) in [7, 11) is 3.50. The van der Waals surface area contributed by atoms with E-state index >= 15 is 0 Å². The second-order valence-corrected chi connectivity index (χ2v) is 6.46. The molecule has 7 nitrogen and oxygen atoms in total. The van der Waals surface area contributed by atoms with Gasteiger partial charge in [0.25, 0.3) is 0 Å². The number of pyridine rings is 1. The Morgan fingerprint density at radius 3 is 2.73 bits per heavy atom. The summed E-state index contributed by atoms with van der Waals surface area (Å²) in [6, 6.07) is 11.4. The van der Waals surface area contributed by atoms with Crippen molar-refractivity contribution >= 4 is 17.7 Å². The van der Waals surface area contributed by atoms with E-state index in [0.717, 1.165) is 22.7 Å². The van der Waals surface area contributed by atoms with Gasteiger partial charge in [-0.25, -0.2) is 0 Å². The number of amides is 1. The number of ether oxygens (including phenoxy) is 1. The lowest BCUT2D eigenvalue weighted by Crippen LogP contribution is -2.24. The zero-order chi connectivity index (χ0) is 18.4. The number of methoxy groups -OCH3 is 1. The molecule has 3 rings (SSSR count). The number of carbonyl (C=O) groups excluding carboxylic acids is 1. The van der Waals surface area contributed by atoms with E-state index in [9.17, 15) is 4.79 Å². The van der Waals surface area contributed by atoms with Crippen LogP contribution in [-0.2, 0) is 18.4 Å². The fourth-order valence-corrected chi connectivity index (χ4v) is 3.05. The van der Waals surface area contributed by atoms with Crippen molar-refractivity contribution in [2.24, 2.45) is 7.05 Å². The molecule has 0 radical (unpaired) electrons. The number of thioether (sulfide) groups is 1. The quantitative estimate of drug-likeness (QED) is 0.644. The lowest BCUT2D eigenvalue weighted by atomic mass is 10.2. The van der Waals surface area contributed by atoms with E-state index in [1.165, 1.54) is 11.8 Å². The Kier molecular flexibility index (Phi) is 5.85. The third-order valence-corrected chi connectivity index (χ3v) is 4.76. The van der Waals surface area contributed by atoms with Crippen LogP contribution in [0, 0.1) is 0 Å². The molecular formula is C18H19N5O2S. The normalized spacial score (nSPS) is 10.5. The second-order valence-electron chi connectivity index (χ2n) is 5.52. The summed E-state index contributed by atoms with van der Waals surface area (Å²) in [5, 5.41) is 11.9. The summed E-state index contributed by atoms with van der Waals surface area (Å²) in [5.74, 6) is 1.73. The summed E-state index contributed by atoms with van der Waals surface area (Å²) >= 11 is 1.35. The Morgan fingerprint density at radius 2 is 2.04 bits per heavy atom. The fraction of sp³-hybridized carbons (Fsp3) is 0.222. The highest BCUT2D eigenvalue weighted by Gasteiger charge is 2.12. The predicted octanol–water partition coefficient (Wildman–Crippen LogP) is 2.29. The monoisotopic (exact) mass is 369 g/mol. The van der Waals surface area contributed by atoms with Gasteiger partial charge in [-0.15, -0.1) is 10.2 Å². The smallest absolute Gasteiger partial charge is 0.230 e. The Balaban J connectivity index is 1.52. The Bertz CT molecular complexity index is 865. The molecule has 2 heterocycles. The minimum absolute atomic E-state index is 0.0586. The Hall–Kier alpha value is -2.87. The molecule has 134 valence electrons. The molecule has 0 unspecified atom stereocenters. The van der Waals surface area contributed by atoms with Gasteiger partial charge >= 0.3 is 0 Å². The molecule has 1 aromatic carbocycles. The van der Waals surface area contributed by atoms with Gasteiger partial charge in [-0.05, 0) is 29.8 Å². The SMILES string of the molecule is COc1ccc(CNC(=O)CSc2nnc(-c3cccnc3)n2C)cc1. The van der Waals surface area contributed by atoms with Crippen LogP contribution in [0.1, 0.15) is 5.56 Å². The largest absolute Gasteiger partial charge is 0.497 e. The lowest BCUT2D eigenvalue weighted by Gasteiger charge is -2.06. The average molecular weight is 369 g/mol. The molecular weight excluding hydrogens is 350 g/mol. The molecule has 0 spiro atoms. The highest BCUT2D eigenvalue weighted by atomic mass is 32.2. The number of rotatable bonds is 7. The molecule has 3 aromatic rings. The Labute approximate surface area is 155 Å². The zero-order valence-corrected chi connectivity index (χ0v) is 15.4. The van der Waals surface area contributed by atoms with E-state index in [-0.39, 0.29) is 11.7 Å². The van der Waals surface area contributed by atoms with Crippen LogP contribution >= 0.6 is 11.8 Å². The summed E-state index contributed by atoms with van der Waals surface area (Å²) in [5.41, 5.74) is 1.90. The van der Waals surface area contributed by atoms with E-state index in [1.807, 2.05) is 48.0 Å². The molecule has 0 saturated carbocycles. The summed E-state index contributed by atoms with van der Waals surface area (Å²) in [6.07, 6.45) is 3.45. The van der Waals surface area contributed by atoms with Crippen molar-refractivity contribution < 1.29 is 9.53 Å². The third-order valence-electron chi connectivity index (χ3n) is 3.74. The molecule has 8 heteroatoms. The van der Waals surface area contributed by atoms with E-state index in [1.54, 1.807) is 19.5 Å². The summed E-state index contributed by atoms with van der Waals surface area (Å²) in [6.45, 7) is 0.475. The van der Waals surface area contributed by atoms with Crippen LogP contribution in [-0.4, -0.2) is 38.5 Å². The molecule has 0 fully saturated rings. The maximum absolute atomic E-state index is 12.1. The Morgan fingerprint density at radius 1 is 1.23 bits per heavy atom. The topological polar surface area (TPSA) is 81.9 Å². The third kappa shape index (κ3) is 4.40. The van der Waals surface area contributed by atoms with Crippen molar-refractivity contribution in [3.8, 4) is 17.1 Å². The summed E-state index contributed by atoms with van der Waals surface area (Å²) in [4.78, 5) is 16.2. The molecule has 0 aliphatic heterocycles. The molecule has 1 amide bonds. The first-order valence-corrected chi connectivity index (χ1v) is 8.98. The van der Waals surface area contributed by atoms with E-state index in [4.69, 9.17) is 4.74 Å². The van der Waals surface area contributed by atoms with Crippen molar-refractivity contribution in [3.05, 3.63) is 54.4 Å². The van der Waals surface area contributed by atoms with Gasteiger partial charge in [0, 0.05) is 31.5 Å². The first-order chi connectivity index (χ1) is 12.7. The minimum atomic E-state index is -0.0586. The first kappa shape index (κ1) is 17.9. The highest BCUT2D eigenvalue weighted by molar-refractivity contribution is 7.99. The van der Waals surface area contributed by atoms with E-state index < -0.39 is 0 Å². The molecule has 0 bridgehead atoms. The van der Waals surface area contributed by atoms with Crippen molar-refractivity contribution in [3.63, 3.8) is 0 Å². The van der Waals surface area contributed by atoms with E-state index in [2.05, 4.69) is 20.5 Å². The molecule has 26 heavy (non-hydrogen) atoms. The number of hydrogen-bond donors (Lipinski definition) is 1. The van der Waals surface area contributed by atoms with Gasteiger partial charge in [-0.2, -0.15) is 0 Å². The molecule has 0 aliphatic rings. The first-order valence-electron chi connectivity index (χ1n) is 7.99. The number of benzene rings is 1. The highest BCUT2D eigenvalue weighted by Crippen LogP contribution is 2.21. The number of hydrogen-bond acceptors (Lipinski definition) is 6. The van der Waals surface area contributed by atoms with Crippen molar-refractivity contribution in [1.82, 2.24) is 25.1 Å². The second kappa shape index (κ2) is 8.48. The number of nitrogens with zero attached hydrogens (tertiary/aromatic N) is 4.